The molecular formula is C19H18F4N2O7S2. The van der Waals surface area contributed by atoms with Crippen molar-refractivity contribution in [3.63, 3.8) is 0 Å². The second kappa shape index (κ2) is 10.5. The van der Waals surface area contributed by atoms with E-state index in [9.17, 15) is 44.3 Å². The van der Waals surface area contributed by atoms with E-state index in [1.54, 1.807) is 0 Å². The number of carbonyl (C=O) groups is 1. The normalized spacial score (nSPS) is 13.6. The maximum Gasteiger partial charge on any atom is 0.417 e. The number of nitrogens with one attached hydrogen (secondary N) is 1. The quantitative estimate of drug-likeness (QED) is 0.304. The number of carbonyl (C=O) groups excluding carboxylic acids is 1. The number of benzene rings is 2. The molecule has 0 fully saturated rings. The Bertz CT molecular complexity index is 1290. The monoisotopic (exact) mass is 526 g/mol. The fourth-order valence-electron chi connectivity index (χ4n) is 2.38. The van der Waals surface area contributed by atoms with Gasteiger partial charge in [0, 0.05) is 5.69 Å². The highest BCUT2D eigenvalue weighted by molar-refractivity contribution is 7.91. The number of anilines is 1. The Morgan fingerprint density at radius 1 is 1.09 bits per heavy atom. The molecule has 0 aliphatic carbocycles. The van der Waals surface area contributed by atoms with E-state index in [4.69, 9.17) is 9.81 Å². The Kier molecular flexibility index (Phi) is 8.92. The molecule has 0 aliphatic rings. The Hall–Kier alpha value is -3.06. The molecule has 0 saturated carbocycles. The van der Waals surface area contributed by atoms with Gasteiger partial charge in [0.1, 0.15) is 5.82 Å². The molecule has 2 rings (SSSR count). The van der Waals surface area contributed by atoms with Crippen LogP contribution in [0.1, 0.15) is 18.1 Å². The van der Waals surface area contributed by atoms with Crippen molar-refractivity contribution < 1.29 is 48.9 Å². The molecule has 1 atom stereocenters. The van der Waals surface area contributed by atoms with Crippen molar-refractivity contribution >= 4 is 31.5 Å². The SMILES string of the molecule is CC(O)(CS(=O)(=O)c1ccc(F)cc1)C(=O)Nc1ccc(C#N)c(C(F)(F)F)c1.CS(=O)(=O)O. The van der Waals surface area contributed by atoms with Crippen LogP contribution in [-0.2, 0) is 30.9 Å². The fourth-order valence-corrected chi connectivity index (χ4v) is 3.97. The molecule has 0 radical (unpaired) electrons. The van der Waals surface area contributed by atoms with Gasteiger partial charge in [0.15, 0.2) is 15.4 Å². The van der Waals surface area contributed by atoms with Crippen LogP contribution in [0.15, 0.2) is 47.4 Å². The van der Waals surface area contributed by atoms with Gasteiger partial charge in [-0.25, -0.2) is 12.8 Å². The van der Waals surface area contributed by atoms with Crippen LogP contribution >= 0.6 is 0 Å². The zero-order valence-electron chi connectivity index (χ0n) is 17.5. The summed E-state index contributed by atoms with van der Waals surface area (Å²) in [4.78, 5) is 11.9. The number of nitriles is 1. The van der Waals surface area contributed by atoms with Crippen LogP contribution < -0.4 is 5.32 Å². The van der Waals surface area contributed by atoms with E-state index in [1.165, 1.54) is 6.07 Å². The van der Waals surface area contributed by atoms with E-state index >= 15 is 0 Å². The molecule has 186 valence electrons. The van der Waals surface area contributed by atoms with Crippen molar-refractivity contribution in [1.82, 2.24) is 0 Å². The standard InChI is InChI=1S/C18H14F4N2O4S.CH4O3S/c1-17(26,10-29(27,28)14-6-3-12(19)4-7-14)16(25)24-13-5-2-11(9-23)15(8-13)18(20,21)22;1-5(2,3)4/h2-8,26H,10H2,1H3,(H,24,25);1H3,(H,2,3,4). The molecule has 2 aromatic carbocycles. The Balaban J connectivity index is 0.00000104. The molecule has 1 amide bonds. The van der Waals surface area contributed by atoms with Crippen LogP contribution in [-0.4, -0.2) is 50.0 Å². The molecular weight excluding hydrogens is 508 g/mol. The molecule has 0 bridgehead atoms. The summed E-state index contributed by atoms with van der Waals surface area (Å²) < 4.78 is 103. The Labute approximate surface area is 192 Å². The summed E-state index contributed by atoms with van der Waals surface area (Å²) in [5.74, 6) is -3.06. The molecule has 2 aromatic rings. The second-order valence-electron chi connectivity index (χ2n) is 7.04. The summed E-state index contributed by atoms with van der Waals surface area (Å²) >= 11 is 0. The number of sulfone groups is 1. The first-order valence-corrected chi connectivity index (χ1v) is 12.3. The van der Waals surface area contributed by atoms with E-state index in [0.29, 0.717) is 12.3 Å². The molecule has 34 heavy (non-hydrogen) atoms. The molecule has 1 unspecified atom stereocenters. The Morgan fingerprint density at radius 2 is 1.59 bits per heavy atom. The van der Waals surface area contributed by atoms with Gasteiger partial charge in [-0.2, -0.15) is 26.9 Å². The van der Waals surface area contributed by atoms with Crippen molar-refractivity contribution in [3.05, 3.63) is 59.4 Å². The molecule has 0 saturated heterocycles. The predicted molar refractivity (Wildman–Crippen MR) is 111 cm³/mol. The maximum atomic E-state index is 13.0. The molecule has 0 aromatic heterocycles. The summed E-state index contributed by atoms with van der Waals surface area (Å²) in [6, 6.07) is 7.40. The molecule has 15 heteroatoms. The van der Waals surface area contributed by atoms with E-state index in [2.05, 4.69) is 0 Å². The van der Waals surface area contributed by atoms with Gasteiger partial charge in [-0.1, -0.05) is 0 Å². The van der Waals surface area contributed by atoms with Gasteiger partial charge >= 0.3 is 6.18 Å². The first-order chi connectivity index (χ1) is 15.3. The van der Waals surface area contributed by atoms with E-state index in [0.717, 1.165) is 43.3 Å². The lowest BCUT2D eigenvalue weighted by Gasteiger charge is -2.22. The minimum atomic E-state index is -4.86. The minimum Gasteiger partial charge on any atom is -0.379 e. The summed E-state index contributed by atoms with van der Waals surface area (Å²) in [5.41, 5.74) is -4.86. The lowest BCUT2D eigenvalue weighted by atomic mass is 10.1. The van der Waals surface area contributed by atoms with Gasteiger partial charge < -0.3 is 10.4 Å². The molecule has 0 aliphatic heterocycles. The van der Waals surface area contributed by atoms with Crippen LogP contribution in [0.5, 0.6) is 0 Å². The number of hydrogen-bond acceptors (Lipinski definition) is 7. The number of alkyl halides is 3. The van der Waals surface area contributed by atoms with Gasteiger partial charge in [-0.05, 0) is 49.4 Å². The highest BCUT2D eigenvalue weighted by atomic mass is 32.2. The van der Waals surface area contributed by atoms with Gasteiger partial charge in [0.05, 0.1) is 34.1 Å². The number of halogens is 4. The van der Waals surface area contributed by atoms with Crippen molar-refractivity contribution in [3.8, 4) is 6.07 Å². The maximum absolute atomic E-state index is 13.0. The van der Waals surface area contributed by atoms with Crippen LogP contribution in [0.25, 0.3) is 0 Å². The topological polar surface area (TPSA) is 162 Å². The zero-order chi connectivity index (χ0) is 26.5. The second-order valence-corrected chi connectivity index (χ2v) is 10.5. The first kappa shape index (κ1) is 29.0. The van der Waals surface area contributed by atoms with E-state index in [1.807, 2.05) is 5.32 Å². The average molecular weight is 526 g/mol. The van der Waals surface area contributed by atoms with Crippen molar-refractivity contribution in [1.29, 1.82) is 5.26 Å². The largest absolute Gasteiger partial charge is 0.417 e. The first-order valence-electron chi connectivity index (χ1n) is 8.82. The number of hydrogen-bond donors (Lipinski definition) is 3. The average Bonchev–Trinajstić information content (AvgIpc) is 2.65. The summed E-state index contributed by atoms with van der Waals surface area (Å²) in [6.45, 7) is 0.873. The fraction of sp³-hybridized carbons (Fsp3) is 0.263. The van der Waals surface area contributed by atoms with Gasteiger partial charge in [0.2, 0.25) is 0 Å². The van der Waals surface area contributed by atoms with Crippen molar-refractivity contribution in [2.45, 2.75) is 23.6 Å². The molecule has 0 spiro atoms. The number of aliphatic hydroxyl groups is 1. The summed E-state index contributed by atoms with van der Waals surface area (Å²) in [6.07, 6.45) is -4.15. The molecule has 9 nitrogen and oxygen atoms in total. The van der Waals surface area contributed by atoms with Crippen molar-refractivity contribution in [2.24, 2.45) is 0 Å². The van der Waals surface area contributed by atoms with Crippen LogP contribution in [0, 0.1) is 17.1 Å². The third-order valence-electron chi connectivity index (χ3n) is 3.84. The van der Waals surface area contributed by atoms with Gasteiger partial charge in [0.25, 0.3) is 16.0 Å². The number of nitrogens with zero attached hydrogens (tertiary/aromatic N) is 1. The smallest absolute Gasteiger partial charge is 0.379 e. The summed E-state index contributed by atoms with van der Waals surface area (Å²) in [5, 5.41) is 21.1. The minimum absolute atomic E-state index is 0.343. The third kappa shape index (κ3) is 9.06. The van der Waals surface area contributed by atoms with Crippen LogP contribution in [0.2, 0.25) is 0 Å². The van der Waals surface area contributed by atoms with Crippen LogP contribution in [0.4, 0.5) is 23.2 Å². The zero-order valence-corrected chi connectivity index (χ0v) is 19.1. The third-order valence-corrected chi connectivity index (χ3v) is 5.77. The molecule has 0 heterocycles. The lowest BCUT2D eigenvalue weighted by Crippen LogP contribution is -2.45. The van der Waals surface area contributed by atoms with E-state index in [-0.39, 0.29) is 10.6 Å². The molecule has 3 N–H and O–H groups in total. The lowest BCUT2D eigenvalue weighted by molar-refractivity contribution is -0.137. The van der Waals surface area contributed by atoms with Crippen molar-refractivity contribution in [2.75, 3.05) is 17.3 Å². The van der Waals surface area contributed by atoms with Crippen LogP contribution in [0.3, 0.4) is 0 Å². The summed E-state index contributed by atoms with van der Waals surface area (Å²) in [7, 11) is -7.88. The number of amides is 1. The Morgan fingerprint density at radius 3 is 2.03 bits per heavy atom. The van der Waals surface area contributed by atoms with Gasteiger partial charge in [-0.15, -0.1) is 0 Å². The van der Waals surface area contributed by atoms with E-state index < -0.39 is 60.3 Å². The predicted octanol–water partition coefficient (Wildman–Crippen LogP) is 2.38. The number of rotatable bonds is 5. The highest BCUT2D eigenvalue weighted by Crippen LogP contribution is 2.33. The highest BCUT2D eigenvalue weighted by Gasteiger charge is 2.38. The van der Waals surface area contributed by atoms with Gasteiger partial charge in [-0.3, -0.25) is 9.35 Å².